The monoisotopic (exact) mass is 288 g/mol. The molecule has 0 saturated carbocycles. The summed E-state index contributed by atoms with van der Waals surface area (Å²) in [6.07, 6.45) is -0.498. The molecule has 1 aromatic rings. The zero-order valence-electron chi connectivity index (χ0n) is 11.1. The summed E-state index contributed by atoms with van der Waals surface area (Å²) in [5, 5.41) is 12.6. The molecule has 0 aromatic heterocycles. The third-order valence-corrected chi connectivity index (χ3v) is 2.48. The van der Waals surface area contributed by atoms with Crippen LogP contribution in [0.4, 0.5) is 0 Å². The highest BCUT2D eigenvalue weighted by Crippen LogP contribution is 2.18. The standard InChI is InChI=1S/C13H20N2O3.ClH/c1-9(14)6-13(17)15-8-12(16)10-4-3-5-11(7-10)18-2;/h3-5,7,9,12,16H,6,8,14H2,1-2H3,(H,15,17);1H. The van der Waals surface area contributed by atoms with Crippen molar-refractivity contribution < 1.29 is 14.6 Å². The molecule has 108 valence electrons. The lowest BCUT2D eigenvalue weighted by atomic mass is 10.1. The van der Waals surface area contributed by atoms with Crippen LogP contribution in [-0.4, -0.2) is 30.7 Å². The van der Waals surface area contributed by atoms with Gasteiger partial charge in [-0.2, -0.15) is 0 Å². The number of aliphatic hydroxyl groups is 1. The molecule has 0 aliphatic heterocycles. The molecule has 2 unspecified atom stereocenters. The first-order chi connectivity index (χ1) is 8.52. The van der Waals surface area contributed by atoms with Gasteiger partial charge in [-0.25, -0.2) is 0 Å². The minimum absolute atomic E-state index is 0. The second kappa shape index (κ2) is 8.74. The largest absolute Gasteiger partial charge is 0.497 e. The molecule has 6 heteroatoms. The van der Waals surface area contributed by atoms with Crippen LogP contribution in [0.3, 0.4) is 0 Å². The highest BCUT2D eigenvalue weighted by molar-refractivity contribution is 5.85. The van der Waals surface area contributed by atoms with Gasteiger partial charge in [0.25, 0.3) is 0 Å². The van der Waals surface area contributed by atoms with Crippen molar-refractivity contribution in [1.29, 1.82) is 0 Å². The van der Waals surface area contributed by atoms with Gasteiger partial charge in [0.15, 0.2) is 0 Å². The van der Waals surface area contributed by atoms with E-state index < -0.39 is 6.10 Å². The zero-order chi connectivity index (χ0) is 13.5. The van der Waals surface area contributed by atoms with Crippen LogP contribution in [0.1, 0.15) is 25.0 Å². The number of halogens is 1. The van der Waals surface area contributed by atoms with E-state index in [0.29, 0.717) is 11.3 Å². The van der Waals surface area contributed by atoms with E-state index >= 15 is 0 Å². The average molecular weight is 289 g/mol. The van der Waals surface area contributed by atoms with Gasteiger partial charge >= 0.3 is 0 Å². The van der Waals surface area contributed by atoms with Crippen LogP contribution in [0.15, 0.2) is 24.3 Å². The van der Waals surface area contributed by atoms with E-state index in [0.717, 1.165) is 0 Å². The van der Waals surface area contributed by atoms with Crippen molar-refractivity contribution in [1.82, 2.24) is 5.32 Å². The summed E-state index contributed by atoms with van der Waals surface area (Å²) in [6, 6.07) is 6.93. The lowest BCUT2D eigenvalue weighted by Gasteiger charge is -2.13. The number of ether oxygens (including phenoxy) is 1. The molecule has 0 fully saturated rings. The smallest absolute Gasteiger partial charge is 0.221 e. The Balaban J connectivity index is 0.00000324. The van der Waals surface area contributed by atoms with Gasteiger partial charge in [-0.15, -0.1) is 12.4 Å². The Labute approximate surface area is 119 Å². The fourth-order valence-electron chi connectivity index (χ4n) is 1.54. The number of hydrogen-bond acceptors (Lipinski definition) is 4. The van der Waals surface area contributed by atoms with Crippen LogP contribution in [-0.2, 0) is 4.79 Å². The summed E-state index contributed by atoms with van der Waals surface area (Å²) >= 11 is 0. The predicted molar refractivity (Wildman–Crippen MR) is 76.5 cm³/mol. The Morgan fingerprint density at radius 2 is 2.21 bits per heavy atom. The van der Waals surface area contributed by atoms with Gasteiger partial charge < -0.3 is 20.9 Å². The lowest BCUT2D eigenvalue weighted by Crippen LogP contribution is -2.32. The summed E-state index contributed by atoms with van der Waals surface area (Å²) in [4.78, 5) is 11.4. The van der Waals surface area contributed by atoms with Gasteiger partial charge in [-0.3, -0.25) is 4.79 Å². The minimum Gasteiger partial charge on any atom is -0.497 e. The van der Waals surface area contributed by atoms with Crippen LogP contribution in [0.2, 0.25) is 0 Å². The topological polar surface area (TPSA) is 84.6 Å². The van der Waals surface area contributed by atoms with Crippen LogP contribution in [0.5, 0.6) is 5.75 Å². The normalized spacial score (nSPS) is 13.1. The van der Waals surface area contributed by atoms with Crippen molar-refractivity contribution >= 4 is 18.3 Å². The Hall–Kier alpha value is -1.30. The second-order valence-electron chi connectivity index (χ2n) is 4.28. The minimum atomic E-state index is -0.753. The highest BCUT2D eigenvalue weighted by atomic mass is 35.5. The maximum atomic E-state index is 11.4. The SMILES string of the molecule is COc1cccc(C(O)CNC(=O)CC(C)N)c1.Cl. The van der Waals surface area contributed by atoms with E-state index in [-0.39, 0.29) is 37.3 Å². The molecule has 0 aliphatic rings. The first-order valence-electron chi connectivity index (χ1n) is 5.87. The maximum Gasteiger partial charge on any atom is 0.221 e. The number of methoxy groups -OCH3 is 1. The Morgan fingerprint density at radius 3 is 2.79 bits per heavy atom. The van der Waals surface area contributed by atoms with Crippen molar-refractivity contribution in [2.24, 2.45) is 5.73 Å². The van der Waals surface area contributed by atoms with E-state index in [9.17, 15) is 9.90 Å². The molecule has 0 saturated heterocycles. The first-order valence-corrected chi connectivity index (χ1v) is 5.87. The van der Waals surface area contributed by atoms with Crippen molar-refractivity contribution in [3.63, 3.8) is 0 Å². The molecule has 19 heavy (non-hydrogen) atoms. The predicted octanol–water partition coefficient (Wildman–Crippen LogP) is 1.00. The number of nitrogens with one attached hydrogen (secondary N) is 1. The number of amides is 1. The number of nitrogens with two attached hydrogens (primary N) is 1. The van der Waals surface area contributed by atoms with E-state index in [1.54, 1.807) is 38.3 Å². The van der Waals surface area contributed by atoms with Crippen molar-refractivity contribution in [3.8, 4) is 5.75 Å². The molecule has 5 nitrogen and oxygen atoms in total. The fourth-order valence-corrected chi connectivity index (χ4v) is 1.54. The Kier molecular flexibility index (Phi) is 8.14. The average Bonchev–Trinajstić information content (AvgIpc) is 2.35. The zero-order valence-corrected chi connectivity index (χ0v) is 11.9. The van der Waals surface area contributed by atoms with Crippen LogP contribution in [0, 0.1) is 0 Å². The number of benzene rings is 1. The third kappa shape index (κ3) is 6.42. The lowest BCUT2D eigenvalue weighted by molar-refractivity contribution is -0.121. The summed E-state index contributed by atoms with van der Waals surface area (Å²) in [5.74, 6) is 0.514. The fraction of sp³-hybridized carbons (Fsp3) is 0.462. The first kappa shape index (κ1) is 17.7. The van der Waals surface area contributed by atoms with Gasteiger partial charge in [0.1, 0.15) is 5.75 Å². The molecular weight excluding hydrogens is 268 g/mol. The second-order valence-corrected chi connectivity index (χ2v) is 4.28. The quantitative estimate of drug-likeness (QED) is 0.729. The molecule has 0 spiro atoms. The number of aliphatic hydroxyl groups excluding tert-OH is 1. The summed E-state index contributed by atoms with van der Waals surface area (Å²) in [6.45, 7) is 1.93. The Morgan fingerprint density at radius 1 is 1.53 bits per heavy atom. The molecular formula is C13H21ClN2O3. The van der Waals surface area contributed by atoms with Crippen LogP contribution >= 0.6 is 12.4 Å². The molecule has 0 heterocycles. The molecule has 4 N–H and O–H groups in total. The third-order valence-electron chi connectivity index (χ3n) is 2.48. The molecule has 1 amide bonds. The van der Waals surface area contributed by atoms with E-state index in [2.05, 4.69) is 5.32 Å². The van der Waals surface area contributed by atoms with Crippen molar-refractivity contribution in [3.05, 3.63) is 29.8 Å². The van der Waals surface area contributed by atoms with Crippen molar-refractivity contribution in [2.45, 2.75) is 25.5 Å². The number of carbonyl (C=O) groups is 1. The number of carbonyl (C=O) groups excluding carboxylic acids is 1. The molecule has 0 bridgehead atoms. The maximum absolute atomic E-state index is 11.4. The molecule has 1 aromatic carbocycles. The molecule has 0 aliphatic carbocycles. The van der Waals surface area contributed by atoms with Gasteiger partial charge in [-0.1, -0.05) is 12.1 Å². The Bertz CT molecular complexity index is 399. The molecule has 0 radical (unpaired) electrons. The number of rotatable bonds is 6. The van der Waals surface area contributed by atoms with E-state index in [1.807, 2.05) is 0 Å². The summed E-state index contributed by atoms with van der Waals surface area (Å²) in [7, 11) is 1.57. The van der Waals surface area contributed by atoms with Crippen LogP contribution in [0.25, 0.3) is 0 Å². The number of hydrogen-bond donors (Lipinski definition) is 3. The summed E-state index contributed by atoms with van der Waals surface area (Å²) in [5.41, 5.74) is 6.21. The molecule has 1 rings (SSSR count). The summed E-state index contributed by atoms with van der Waals surface area (Å²) < 4.78 is 5.07. The van der Waals surface area contributed by atoms with Gasteiger partial charge in [-0.05, 0) is 24.6 Å². The molecule has 2 atom stereocenters. The van der Waals surface area contributed by atoms with E-state index in [4.69, 9.17) is 10.5 Å². The van der Waals surface area contributed by atoms with Gasteiger partial charge in [0.2, 0.25) is 5.91 Å². The van der Waals surface area contributed by atoms with Gasteiger partial charge in [0.05, 0.1) is 13.2 Å². The van der Waals surface area contributed by atoms with E-state index in [1.165, 1.54) is 0 Å². The van der Waals surface area contributed by atoms with Gasteiger partial charge in [0, 0.05) is 19.0 Å². The highest BCUT2D eigenvalue weighted by Gasteiger charge is 2.11. The van der Waals surface area contributed by atoms with Crippen molar-refractivity contribution in [2.75, 3.05) is 13.7 Å². The van der Waals surface area contributed by atoms with Crippen LogP contribution < -0.4 is 15.8 Å².